The van der Waals surface area contributed by atoms with Gasteiger partial charge in [0.1, 0.15) is 16.9 Å². The SMILES string of the molecule is Cc1oc2cc3oc(=O)c(CC(=O)N[C@@H](C)C(=O)[O-])c(C)c3cc2c1C. The number of aryl methyl sites for hydroxylation is 3. The van der Waals surface area contributed by atoms with Crippen LogP contribution in [0, 0.1) is 20.8 Å². The number of fused-ring (bicyclic) bond motifs is 2. The van der Waals surface area contributed by atoms with Crippen LogP contribution in [0.15, 0.2) is 25.8 Å². The van der Waals surface area contributed by atoms with Crippen molar-refractivity contribution < 1.29 is 23.5 Å². The normalized spacial score (nSPS) is 12.5. The average molecular weight is 356 g/mol. The number of hydrogen-bond donors (Lipinski definition) is 1. The number of carbonyl (C=O) groups excluding carboxylic acids is 2. The number of carbonyl (C=O) groups is 2. The molecule has 2 heterocycles. The lowest BCUT2D eigenvalue weighted by molar-refractivity contribution is -0.307. The van der Waals surface area contributed by atoms with Gasteiger partial charge in [-0.15, -0.1) is 0 Å². The number of rotatable bonds is 4. The van der Waals surface area contributed by atoms with E-state index in [1.807, 2.05) is 19.9 Å². The zero-order valence-electron chi connectivity index (χ0n) is 14.9. The molecule has 0 radical (unpaired) electrons. The maximum absolute atomic E-state index is 12.3. The molecule has 26 heavy (non-hydrogen) atoms. The summed E-state index contributed by atoms with van der Waals surface area (Å²) >= 11 is 0. The Balaban J connectivity index is 2.07. The van der Waals surface area contributed by atoms with Gasteiger partial charge < -0.3 is 24.1 Å². The van der Waals surface area contributed by atoms with E-state index in [0.717, 1.165) is 16.7 Å². The molecule has 0 unspecified atom stereocenters. The summed E-state index contributed by atoms with van der Waals surface area (Å²) in [5, 5.41) is 14.6. The van der Waals surface area contributed by atoms with Gasteiger partial charge >= 0.3 is 5.63 Å². The molecule has 0 aliphatic heterocycles. The molecule has 2 aromatic heterocycles. The predicted octanol–water partition coefficient (Wildman–Crippen LogP) is 1.26. The molecule has 3 rings (SSSR count). The molecule has 0 spiro atoms. The van der Waals surface area contributed by atoms with Crippen LogP contribution in [0.1, 0.15) is 29.4 Å². The van der Waals surface area contributed by atoms with Gasteiger partial charge in [0, 0.05) is 16.8 Å². The molecule has 7 heteroatoms. The summed E-state index contributed by atoms with van der Waals surface area (Å²) in [7, 11) is 0. The molecule has 1 atom stereocenters. The Hall–Kier alpha value is -3.09. The van der Waals surface area contributed by atoms with Gasteiger partial charge in [-0.3, -0.25) is 4.79 Å². The highest BCUT2D eigenvalue weighted by Gasteiger charge is 2.18. The summed E-state index contributed by atoms with van der Waals surface area (Å²) in [6.07, 6.45) is -0.275. The molecule has 0 fully saturated rings. The number of carboxylic acids is 1. The fourth-order valence-electron chi connectivity index (χ4n) is 2.94. The monoisotopic (exact) mass is 356 g/mol. The van der Waals surface area contributed by atoms with E-state index in [4.69, 9.17) is 8.83 Å². The highest BCUT2D eigenvalue weighted by atomic mass is 16.4. The number of amides is 1. The molecule has 0 saturated heterocycles. The minimum absolute atomic E-state index is 0.192. The van der Waals surface area contributed by atoms with Crippen molar-refractivity contribution in [2.24, 2.45) is 0 Å². The molecule has 1 N–H and O–H groups in total. The average Bonchev–Trinajstić information content (AvgIpc) is 2.84. The van der Waals surface area contributed by atoms with Crippen molar-refractivity contribution in [1.29, 1.82) is 0 Å². The van der Waals surface area contributed by atoms with Gasteiger partial charge in [-0.25, -0.2) is 4.79 Å². The summed E-state index contributed by atoms with van der Waals surface area (Å²) < 4.78 is 11.0. The number of nitrogens with one attached hydrogen (secondary N) is 1. The molecule has 1 amide bonds. The van der Waals surface area contributed by atoms with Gasteiger partial charge in [0.05, 0.1) is 24.0 Å². The van der Waals surface area contributed by atoms with Crippen LogP contribution in [-0.2, 0) is 16.0 Å². The second-order valence-corrected chi connectivity index (χ2v) is 6.41. The smallest absolute Gasteiger partial charge is 0.340 e. The minimum atomic E-state index is -1.39. The topological polar surface area (TPSA) is 113 Å². The second-order valence-electron chi connectivity index (χ2n) is 6.41. The van der Waals surface area contributed by atoms with E-state index in [2.05, 4.69) is 5.32 Å². The van der Waals surface area contributed by atoms with E-state index in [9.17, 15) is 19.5 Å². The van der Waals surface area contributed by atoms with Crippen molar-refractivity contribution >= 4 is 33.8 Å². The summed E-state index contributed by atoms with van der Waals surface area (Å²) in [5.41, 5.74) is 2.18. The third-order valence-electron chi connectivity index (χ3n) is 4.65. The summed E-state index contributed by atoms with van der Waals surface area (Å²) in [6, 6.07) is 2.40. The van der Waals surface area contributed by atoms with Crippen molar-refractivity contribution in [2.45, 2.75) is 40.2 Å². The molecular formula is C19H18NO6-. The van der Waals surface area contributed by atoms with Crippen LogP contribution in [0.4, 0.5) is 0 Å². The largest absolute Gasteiger partial charge is 0.548 e. The first-order valence-electron chi connectivity index (χ1n) is 8.15. The Bertz CT molecular complexity index is 1100. The first-order valence-corrected chi connectivity index (χ1v) is 8.15. The van der Waals surface area contributed by atoms with E-state index < -0.39 is 23.5 Å². The molecule has 1 aromatic carbocycles. The van der Waals surface area contributed by atoms with Gasteiger partial charge in [0.25, 0.3) is 0 Å². The van der Waals surface area contributed by atoms with Crippen molar-refractivity contribution in [3.8, 4) is 0 Å². The number of benzene rings is 1. The third-order valence-corrected chi connectivity index (χ3v) is 4.65. The van der Waals surface area contributed by atoms with E-state index in [-0.39, 0.29) is 12.0 Å². The van der Waals surface area contributed by atoms with Crippen LogP contribution in [0.2, 0.25) is 0 Å². The zero-order chi connectivity index (χ0) is 19.2. The molecule has 7 nitrogen and oxygen atoms in total. The third kappa shape index (κ3) is 2.96. The van der Waals surface area contributed by atoms with Crippen LogP contribution in [0.3, 0.4) is 0 Å². The number of aliphatic carboxylic acids is 1. The van der Waals surface area contributed by atoms with Gasteiger partial charge in [-0.05, 0) is 44.9 Å². The van der Waals surface area contributed by atoms with Crippen molar-refractivity contribution in [3.63, 3.8) is 0 Å². The number of hydrogen-bond acceptors (Lipinski definition) is 6. The molecular weight excluding hydrogens is 338 g/mol. The highest BCUT2D eigenvalue weighted by Crippen LogP contribution is 2.30. The molecule has 3 aromatic rings. The molecule has 136 valence electrons. The first kappa shape index (κ1) is 17.7. The van der Waals surface area contributed by atoms with E-state index in [0.29, 0.717) is 22.1 Å². The number of furan rings is 1. The fraction of sp³-hybridized carbons (Fsp3) is 0.316. The summed E-state index contributed by atoms with van der Waals surface area (Å²) in [6.45, 7) is 6.83. The quantitative estimate of drug-likeness (QED) is 0.704. The standard InChI is InChI=1S/C19H19NO6/c1-8-11(4)25-15-7-16-13(5-12(8)15)9(2)14(19(24)26-16)6-17(21)20-10(3)18(22)23/h5,7,10H,6H2,1-4H3,(H,20,21)(H,22,23)/p-1/t10-/m0/s1. The predicted molar refractivity (Wildman–Crippen MR) is 92.8 cm³/mol. The maximum atomic E-state index is 12.3. The van der Waals surface area contributed by atoms with E-state index >= 15 is 0 Å². The van der Waals surface area contributed by atoms with E-state index in [1.54, 1.807) is 13.0 Å². The Kier molecular flexibility index (Phi) is 4.31. The summed E-state index contributed by atoms with van der Waals surface area (Å²) in [5.74, 6) is -1.20. The maximum Gasteiger partial charge on any atom is 0.340 e. The summed E-state index contributed by atoms with van der Waals surface area (Å²) in [4.78, 5) is 35.1. The van der Waals surface area contributed by atoms with Crippen molar-refractivity contribution in [2.75, 3.05) is 0 Å². The van der Waals surface area contributed by atoms with Crippen LogP contribution < -0.4 is 16.0 Å². The lowest BCUT2D eigenvalue weighted by atomic mass is 10.0. The fourth-order valence-corrected chi connectivity index (χ4v) is 2.94. The van der Waals surface area contributed by atoms with E-state index in [1.165, 1.54) is 6.92 Å². The van der Waals surface area contributed by atoms with Crippen molar-refractivity contribution in [3.05, 3.63) is 45.0 Å². The Morgan fingerprint density at radius 1 is 1.08 bits per heavy atom. The van der Waals surface area contributed by atoms with Crippen LogP contribution in [-0.4, -0.2) is 17.9 Å². The molecule has 0 aliphatic rings. The van der Waals surface area contributed by atoms with Crippen LogP contribution in [0.25, 0.3) is 21.9 Å². The first-order chi connectivity index (χ1) is 12.2. The van der Waals surface area contributed by atoms with Crippen LogP contribution in [0.5, 0.6) is 0 Å². The Labute approximate surface area is 148 Å². The van der Waals surface area contributed by atoms with Gasteiger partial charge in [-0.2, -0.15) is 0 Å². The lowest BCUT2D eigenvalue weighted by Crippen LogP contribution is -2.46. The lowest BCUT2D eigenvalue weighted by Gasteiger charge is -2.15. The molecule has 0 aliphatic carbocycles. The molecule has 0 saturated carbocycles. The van der Waals surface area contributed by atoms with Gasteiger partial charge in [-0.1, -0.05) is 0 Å². The zero-order valence-corrected chi connectivity index (χ0v) is 14.9. The van der Waals surface area contributed by atoms with Gasteiger partial charge in [0.2, 0.25) is 5.91 Å². The molecule has 0 bridgehead atoms. The Morgan fingerprint density at radius 3 is 2.35 bits per heavy atom. The Morgan fingerprint density at radius 2 is 1.69 bits per heavy atom. The second kappa shape index (κ2) is 6.33. The highest BCUT2D eigenvalue weighted by molar-refractivity contribution is 5.97. The minimum Gasteiger partial charge on any atom is -0.548 e. The number of carboxylic acid groups (broad SMARTS) is 1. The van der Waals surface area contributed by atoms with Gasteiger partial charge in [0.15, 0.2) is 0 Å². The van der Waals surface area contributed by atoms with Crippen molar-refractivity contribution in [1.82, 2.24) is 5.32 Å². The van der Waals surface area contributed by atoms with Crippen LogP contribution >= 0.6 is 0 Å².